The van der Waals surface area contributed by atoms with Crippen LogP contribution in [0.2, 0.25) is 5.15 Å². The van der Waals surface area contributed by atoms with Gasteiger partial charge in [-0.15, -0.1) is 11.3 Å². The van der Waals surface area contributed by atoms with Crippen LogP contribution in [0.15, 0.2) is 41.8 Å². The number of thiophene rings is 1. The lowest BCUT2D eigenvalue weighted by Crippen LogP contribution is -2.52. The van der Waals surface area contributed by atoms with E-state index in [9.17, 15) is 4.79 Å². The third kappa shape index (κ3) is 8.12. The molecule has 0 fully saturated rings. The average molecular weight is 548 g/mol. The van der Waals surface area contributed by atoms with Crippen molar-refractivity contribution in [3.05, 3.63) is 58.1 Å². The molecule has 0 spiro atoms. The van der Waals surface area contributed by atoms with Crippen LogP contribution in [0.3, 0.4) is 0 Å². The van der Waals surface area contributed by atoms with E-state index < -0.39 is 12.3 Å². The third-order valence-corrected chi connectivity index (χ3v) is 6.94. The number of hydrogen-bond acceptors (Lipinski definition) is 7. The van der Waals surface area contributed by atoms with Gasteiger partial charge in [0.1, 0.15) is 16.5 Å². The van der Waals surface area contributed by atoms with Crippen molar-refractivity contribution in [2.75, 3.05) is 13.2 Å². The molecule has 2 N–H and O–H groups in total. The molecule has 2 unspecified atom stereocenters. The van der Waals surface area contributed by atoms with Gasteiger partial charge in [-0.05, 0) is 83.2 Å². The van der Waals surface area contributed by atoms with Gasteiger partial charge in [0, 0.05) is 25.3 Å². The molecule has 2 atom stereocenters. The summed E-state index contributed by atoms with van der Waals surface area (Å²) in [5, 5.41) is 2.42. The van der Waals surface area contributed by atoms with Crippen molar-refractivity contribution in [3.63, 3.8) is 0 Å². The van der Waals surface area contributed by atoms with Crippen LogP contribution in [0.5, 0.6) is 5.75 Å². The van der Waals surface area contributed by atoms with Gasteiger partial charge in [-0.1, -0.05) is 23.7 Å². The third-order valence-electron chi connectivity index (χ3n) is 5.75. The normalized spacial score (nSPS) is 13.6. The molecule has 3 rings (SSSR count). The monoisotopic (exact) mass is 547 g/mol. The van der Waals surface area contributed by atoms with Crippen molar-refractivity contribution in [1.29, 1.82) is 0 Å². The maximum absolute atomic E-state index is 13.8. The van der Waals surface area contributed by atoms with Crippen molar-refractivity contribution in [2.24, 2.45) is 5.73 Å². The van der Waals surface area contributed by atoms with E-state index >= 15 is 0 Å². The second-order valence-electron chi connectivity index (χ2n) is 9.90. The molecule has 1 aromatic carbocycles. The molecule has 0 radical (unpaired) electrons. The standard InChI is InChI=1S/C28H38ClN3O4S/c1-7-34-27(35-8-2)18(3)32(16-20-17-37-23-13-14-24(29)31-25(20)23)26(33)22(30)15-19-9-11-21(12-10-19)36-28(4,5)6/h9-14,17-18,22,27H,7-8,15-16,30H2,1-6H3. The van der Waals surface area contributed by atoms with Gasteiger partial charge in [0.2, 0.25) is 5.91 Å². The lowest BCUT2D eigenvalue weighted by atomic mass is 10.0. The molecule has 0 saturated carbocycles. The molecule has 0 aliphatic rings. The van der Waals surface area contributed by atoms with Crippen LogP contribution in [-0.4, -0.2) is 53.0 Å². The second kappa shape index (κ2) is 13.0. The van der Waals surface area contributed by atoms with Crippen molar-refractivity contribution < 1.29 is 19.0 Å². The fourth-order valence-electron chi connectivity index (χ4n) is 4.06. The van der Waals surface area contributed by atoms with Gasteiger partial charge < -0.3 is 24.8 Å². The molecular formula is C28H38ClN3O4S. The fraction of sp³-hybridized carbons (Fsp3) is 0.500. The molecule has 9 heteroatoms. The van der Waals surface area contributed by atoms with Crippen molar-refractivity contribution in [1.82, 2.24) is 9.88 Å². The van der Waals surface area contributed by atoms with Crippen LogP contribution in [0.1, 0.15) is 52.7 Å². The number of rotatable bonds is 12. The largest absolute Gasteiger partial charge is 0.488 e. The summed E-state index contributed by atoms with van der Waals surface area (Å²) in [7, 11) is 0. The van der Waals surface area contributed by atoms with Gasteiger partial charge >= 0.3 is 0 Å². The highest BCUT2D eigenvalue weighted by Crippen LogP contribution is 2.28. The Morgan fingerprint density at radius 2 is 1.76 bits per heavy atom. The number of fused-ring (bicyclic) bond motifs is 1. The minimum atomic E-state index is -0.748. The van der Waals surface area contributed by atoms with Crippen LogP contribution in [0.25, 0.3) is 10.2 Å². The first-order valence-corrected chi connectivity index (χ1v) is 13.9. The molecular weight excluding hydrogens is 510 g/mol. The van der Waals surface area contributed by atoms with E-state index in [4.69, 9.17) is 31.5 Å². The SMILES string of the molecule is CCOC(OCC)C(C)N(Cc1csc2ccc(Cl)nc12)C(=O)C(N)Cc1ccc(OC(C)(C)C)cc1. The number of nitrogens with zero attached hydrogens (tertiary/aromatic N) is 2. The van der Waals surface area contributed by atoms with E-state index in [1.807, 2.05) is 77.3 Å². The number of ether oxygens (including phenoxy) is 3. The van der Waals surface area contributed by atoms with Crippen molar-refractivity contribution in [2.45, 2.75) is 78.5 Å². The summed E-state index contributed by atoms with van der Waals surface area (Å²) in [6.07, 6.45) is -0.193. The summed E-state index contributed by atoms with van der Waals surface area (Å²) in [6.45, 7) is 13.0. The number of pyridine rings is 1. The molecule has 3 aromatic rings. The van der Waals surface area contributed by atoms with E-state index in [1.165, 1.54) is 0 Å². The number of nitrogens with two attached hydrogens (primary N) is 1. The Morgan fingerprint density at radius 3 is 2.35 bits per heavy atom. The minimum Gasteiger partial charge on any atom is -0.488 e. The van der Waals surface area contributed by atoms with Crippen LogP contribution in [0.4, 0.5) is 0 Å². The molecule has 0 aliphatic heterocycles. The lowest BCUT2D eigenvalue weighted by Gasteiger charge is -2.35. The molecule has 0 saturated heterocycles. The number of amides is 1. The zero-order valence-corrected chi connectivity index (χ0v) is 24.1. The summed E-state index contributed by atoms with van der Waals surface area (Å²) >= 11 is 7.74. The summed E-state index contributed by atoms with van der Waals surface area (Å²) in [5.74, 6) is 0.589. The van der Waals surface area contributed by atoms with Gasteiger partial charge in [-0.3, -0.25) is 4.79 Å². The van der Waals surface area contributed by atoms with Gasteiger partial charge in [0.25, 0.3) is 0 Å². The quantitative estimate of drug-likeness (QED) is 0.227. The molecule has 2 aromatic heterocycles. The minimum absolute atomic E-state index is 0.187. The Balaban J connectivity index is 1.84. The van der Waals surface area contributed by atoms with Gasteiger partial charge in [0.05, 0.1) is 22.3 Å². The molecule has 0 bridgehead atoms. The highest BCUT2D eigenvalue weighted by atomic mass is 35.5. The number of aromatic nitrogens is 1. The van der Waals surface area contributed by atoms with Crippen LogP contribution < -0.4 is 10.5 Å². The van der Waals surface area contributed by atoms with E-state index in [0.717, 1.165) is 27.1 Å². The summed E-state index contributed by atoms with van der Waals surface area (Å²) in [6, 6.07) is 10.3. The highest BCUT2D eigenvalue weighted by molar-refractivity contribution is 7.17. The van der Waals surface area contributed by atoms with E-state index in [1.54, 1.807) is 22.3 Å². The van der Waals surface area contributed by atoms with Gasteiger partial charge in [-0.2, -0.15) is 0 Å². The summed E-state index contributed by atoms with van der Waals surface area (Å²) in [5.41, 5.74) is 8.87. The predicted molar refractivity (Wildman–Crippen MR) is 150 cm³/mol. The lowest BCUT2D eigenvalue weighted by molar-refractivity contribution is -0.179. The number of halogens is 1. The zero-order valence-electron chi connectivity index (χ0n) is 22.5. The van der Waals surface area contributed by atoms with Crippen molar-refractivity contribution in [3.8, 4) is 5.75 Å². The Bertz CT molecular complexity index is 1160. The first kappa shape index (κ1) is 29.3. The maximum Gasteiger partial charge on any atom is 0.240 e. The average Bonchev–Trinajstić information content (AvgIpc) is 3.23. The Kier molecular flexibility index (Phi) is 10.3. The summed E-state index contributed by atoms with van der Waals surface area (Å²) < 4.78 is 18.6. The van der Waals surface area contributed by atoms with E-state index in [2.05, 4.69) is 4.98 Å². The Morgan fingerprint density at radius 1 is 1.11 bits per heavy atom. The second-order valence-corrected chi connectivity index (χ2v) is 11.2. The molecule has 2 heterocycles. The highest BCUT2D eigenvalue weighted by Gasteiger charge is 2.32. The van der Waals surface area contributed by atoms with Crippen molar-refractivity contribution >= 4 is 39.1 Å². The molecule has 1 amide bonds. The number of benzene rings is 1. The van der Waals surface area contributed by atoms with Gasteiger partial charge in [0.15, 0.2) is 6.29 Å². The molecule has 7 nitrogen and oxygen atoms in total. The number of hydrogen-bond donors (Lipinski definition) is 1. The number of carbonyl (C=O) groups excluding carboxylic acids is 1. The molecule has 202 valence electrons. The molecule has 0 aliphatic carbocycles. The topological polar surface area (TPSA) is 86.9 Å². The number of carbonyl (C=O) groups is 1. The van der Waals surface area contributed by atoms with Crippen LogP contribution in [-0.2, 0) is 27.2 Å². The smallest absolute Gasteiger partial charge is 0.240 e. The molecule has 37 heavy (non-hydrogen) atoms. The van der Waals surface area contributed by atoms with Crippen LogP contribution in [0, 0.1) is 0 Å². The first-order valence-electron chi connectivity index (χ1n) is 12.6. The Hall–Kier alpha value is -2.23. The maximum atomic E-state index is 13.8. The van der Waals surface area contributed by atoms with E-state index in [-0.39, 0.29) is 17.6 Å². The first-order chi connectivity index (χ1) is 17.5. The van der Waals surface area contributed by atoms with Crippen LogP contribution >= 0.6 is 22.9 Å². The van der Waals surface area contributed by atoms with Gasteiger partial charge in [-0.25, -0.2) is 4.98 Å². The fourth-order valence-corrected chi connectivity index (χ4v) is 5.10. The summed E-state index contributed by atoms with van der Waals surface area (Å²) in [4.78, 5) is 20.0. The zero-order chi connectivity index (χ0) is 27.2. The predicted octanol–water partition coefficient (Wildman–Crippen LogP) is 5.81. The van der Waals surface area contributed by atoms with E-state index in [0.29, 0.717) is 31.3 Å². The Labute approximate surface area is 228 Å².